The van der Waals surface area contributed by atoms with Crippen molar-refractivity contribution < 1.29 is 17.6 Å². The Labute approximate surface area is 236 Å². The first kappa shape index (κ1) is 29.8. The molecule has 0 aliphatic heterocycles. The van der Waals surface area contributed by atoms with E-state index in [1.165, 1.54) is 25.7 Å². The maximum absolute atomic E-state index is 15.2. The van der Waals surface area contributed by atoms with Crippen LogP contribution in [0, 0.1) is 29.2 Å². The molecule has 212 valence electrons. The molecule has 1 unspecified atom stereocenters. The molecule has 0 saturated heterocycles. The Bertz CT molecular complexity index is 1330. The summed E-state index contributed by atoms with van der Waals surface area (Å²) in [5.41, 5.74) is 2.83. The summed E-state index contributed by atoms with van der Waals surface area (Å²) in [6.45, 7) is 4.17. The fourth-order valence-corrected chi connectivity index (χ4v) is 5.67. The molecule has 0 saturated carbocycles. The van der Waals surface area contributed by atoms with Gasteiger partial charge in [-0.2, -0.15) is 0 Å². The third kappa shape index (κ3) is 7.13. The first-order valence-corrected chi connectivity index (χ1v) is 14.8. The number of hydrogen-bond acceptors (Lipinski definition) is 0. The van der Waals surface area contributed by atoms with Gasteiger partial charge in [0, 0.05) is 16.7 Å². The third-order valence-electron chi connectivity index (χ3n) is 8.06. The van der Waals surface area contributed by atoms with E-state index in [0.717, 1.165) is 37.7 Å². The number of unbranched alkanes of at least 4 members (excludes halogenated alkanes) is 6. The number of rotatable bonds is 12. The molecule has 0 N–H and O–H groups in total. The molecule has 0 bridgehead atoms. The maximum Gasteiger partial charge on any atom is 0.167 e. The highest BCUT2D eigenvalue weighted by Crippen LogP contribution is 2.36. The van der Waals surface area contributed by atoms with Crippen molar-refractivity contribution in [3.8, 4) is 22.3 Å². The minimum Gasteiger partial charge on any atom is -0.203 e. The predicted octanol–water partition coefficient (Wildman–Crippen LogP) is 11.6. The number of halogens is 4. The van der Waals surface area contributed by atoms with Crippen molar-refractivity contribution in [2.75, 3.05) is 0 Å². The van der Waals surface area contributed by atoms with E-state index in [2.05, 4.69) is 13.0 Å². The van der Waals surface area contributed by atoms with Crippen molar-refractivity contribution in [3.63, 3.8) is 0 Å². The van der Waals surface area contributed by atoms with E-state index in [0.29, 0.717) is 41.0 Å². The number of allylic oxidation sites excluding steroid dienone is 4. The standard InChI is InChI=1S/C36H40F4/c1-3-5-6-7-8-9-10-12-29-21-22-30(34(38)33(29)37)27-17-19-28(20-18-27)32-24-23-31(35(39)36(32)40)26-15-13-25(11-4-2)14-16-26/h4,11,15,17-25H,3,5-10,12-14,16H2,1-2H3. The van der Waals surface area contributed by atoms with E-state index >= 15 is 8.78 Å². The molecule has 0 spiro atoms. The SMILES string of the molecule is CC=CC1CC=C(c2ccc(-c3ccc(-c4ccc(CCCCCCCCC)c(F)c4F)cc3)c(F)c2F)CC1. The summed E-state index contributed by atoms with van der Waals surface area (Å²) in [5.74, 6) is -2.97. The summed E-state index contributed by atoms with van der Waals surface area (Å²) in [6, 6.07) is 13.0. The van der Waals surface area contributed by atoms with E-state index in [-0.39, 0.29) is 11.1 Å². The van der Waals surface area contributed by atoms with Crippen molar-refractivity contribution in [1.82, 2.24) is 0 Å². The monoisotopic (exact) mass is 548 g/mol. The van der Waals surface area contributed by atoms with Gasteiger partial charge in [-0.1, -0.05) is 112 Å². The molecule has 3 aromatic rings. The lowest BCUT2D eigenvalue weighted by molar-refractivity contribution is 0.497. The Balaban J connectivity index is 1.45. The van der Waals surface area contributed by atoms with Crippen molar-refractivity contribution >= 4 is 5.57 Å². The van der Waals surface area contributed by atoms with Crippen LogP contribution in [-0.2, 0) is 6.42 Å². The van der Waals surface area contributed by atoms with Gasteiger partial charge in [-0.15, -0.1) is 0 Å². The zero-order chi connectivity index (χ0) is 28.5. The quantitative estimate of drug-likeness (QED) is 0.120. The molecule has 0 heterocycles. The number of aryl methyl sites for hydroxylation is 1. The zero-order valence-corrected chi connectivity index (χ0v) is 23.7. The molecule has 0 nitrogen and oxygen atoms in total. The largest absolute Gasteiger partial charge is 0.203 e. The molecule has 0 amide bonds. The lowest BCUT2D eigenvalue weighted by Crippen LogP contribution is -2.05. The molecule has 0 aromatic heterocycles. The zero-order valence-electron chi connectivity index (χ0n) is 23.7. The van der Waals surface area contributed by atoms with Crippen LogP contribution < -0.4 is 0 Å². The van der Waals surface area contributed by atoms with Crippen LogP contribution in [0.3, 0.4) is 0 Å². The fourth-order valence-electron chi connectivity index (χ4n) is 5.67. The third-order valence-corrected chi connectivity index (χ3v) is 8.06. The lowest BCUT2D eigenvalue weighted by atomic mass is 9.85. The minimum absolute atomic E-state index is 0.146. The molecular formula is C36H40F4. The molecule has 0 fully saturated rings. The molecule has 1 aliphatic rings. The van der Waals surface area contributed by atoms with Gasteiger partial charge in [0.15, 0.2) is 23.3 Å². The predicted molar refractivity (Wildman–Crippen MR) is 159 cm³/mol. The second-order valence-corrected chi connectivity index (χ2v) is 10.9. The molecule has 4 rings (SSSR count). The minimum atomic E-state index is -0.895. The van der Waals surface area contributed by atoms with Crippen molar-refractivity contribution in [1.29, 1.82) is 0 Å². The summed E-state index contributed by atoms with van der Waals surface area (Å²) in [6.07, 6.45) is 17.0. The van der Waals surface area contributed by atoms with E-state index in [4.69, 9.17) is 0 Å². The Kier molecular flexibility index (Phi) is 10.8. The smallest absolute Gasteiger partial charge is 0.167 e. The van der Waals surface area contributed by atoms with Crippen molar-refractivity contribution in [2.24, 2.45) is 5.92 Å². The van der Waals surface area contributed by atoms with E-state index < -0.39 is 23.3 Å². The van der Waals surface area contributed by atoms with Gasteiger partial charge >= 0.3 is 0 Å². The van der Waals surface area contributed by atoms with Gasteiger partial charge in [-0.05, 0) is 67.2 Å². The first-order chi connectivity index (χ1) is 19.4. The second kappa shape index (κ2) is 14.5. The Morgan fingerprint density at radius 1 is 0.675 bits per heavy atom. The average molecular weight is 549 g/mol. The molecule has 1 atom stereocenters. The molecule has 3 aromatic carbocycles. The maximum atomic E-state index is 15.2. The van der Waals surface area contributed by atoms with Crippen LogP contribution in [0.1, 0.15) is 89.2 Å². The second-order valence-electron chi connectivity index (χ2n) is 10.9. The highest BCUT2D eigenvalue weighted by molar-refractivity contribution is 5.74. The van der Waals surface area contributed by atoms with Crippen LogP contribution in [0.4, 0.5) is 17.6 Å². The normalized spacial score (nSPS) is 15.6. The van der Waals surface area contributed by atoms with Gasteiger partial charge in [-0.25, -0.2) is 17.6 Å². The molecule has 4 heteroatoms. The summed E-state index contributed by atoms with van der Waals surface area (Å²) in [7, 11) is 0. The van der Waals surface area contributed by atoms with E-state index in [9.17, 15) is 8.78 Å². The van der Waals surface area contributed by atoms with Crippen LogP contribution >= 0.6 is 0 Å². The summed E-state index contributed by atoms with van der Waals surface area (Å²) < 4.78 is 60.1. The highest BCUT2D eigenvalue weighted by Gasteiger charge is 2.21. The molecule has 1 aliphatic carbocycles. The van der Waals surface area contributed by atoms with Crippen LogP contribution in [0.15, 0.2) is 66.8 Å². The van der Waals surface area contributed by atoms with E-state index in [1.807, 2.05) is 19.1 Å². The highest BCUT2D eigenvalue weighted by atomic mass is 19.2. The van der Waals surface area contributed by atoms with Crippen LogP contribution in [-0.4, -0.2) is 0 Å². The number of hydrogen-bond donors (Lipinski definition) is 0. The molecule has 0 radical (unpaired) electrons. The van der Waals surface area contributed by atoms with Gasteiger partial charge in [0.1, 0.15) is 0 Å². The van der Waals surface area contributed by atoms with Gasteiger partial charge < -0.3 is 0 Å². The molecule has 40 heavy (non-hydrogen) atoms. The Morgan fingerprint density at radius 3 is 1.82 bits per heavy atom. The Hall–Kier alpha value is -3.14. The topological polar surface area (TPSA) is 0 Å². The summed E-state index contributed by atoms with van der Waals surface area (Å²) >= 11 is 0. The van der Waals surface area contributed by atoms with Gasteiger partial charge in [0.25, 0.3) is 0 Å². The summed E-state index contributed by atoms with van der Waals surface area (Å²) in [4.78, 5) is 0. The van der Waals surface area contributed by atoms with Gasteiger partial charge in [0.2, 0.25) is 0 Å². The molecular weight excluding hydrogens is 508 g/mol. The van der Waals surface area contributed by atoms with Crippen LogP contribution in [0.25, 0.3) is 27.8 Å². The van der Waals surface area contributed by atoms with E-state index in [1.54, 1.807) is 48.5 Å². The van der Waals surface area contributed by atoms with Crippen LogP contribution in [0.2, 0.25) is 0 Å². The fraction of sp³-hybridized carbons (Fsp3) is 0.389. The van der Waals surface area contributed by atoms with Crippen molar-refractivity contribution in [3.05, 3.63) is 101 Å². The van der Waals surface area contributed by atoms with Crippen molar-refractivity contribution in [2.45, 2.75) is 84.5 Å². The Morgan fingerprint density at radius 2 is 1.23 bits per heavy atom. The summed E-state index contributed by atoms with van der Waals surface area (Å²) in [5, 5.41) is 0. The first-order valence-electron chi connectivity index (χ1n) is 14.8. The van der Waals surface area contributed by atoms with Gasteiger partial charge in [-0.3, -0.25) is 0 Å². The van der Waals surface area contributed by atoms with Crippen LogP contribution in [0.5, 0.6) is 0 Å². The number of benzene rings is 3. The lowest BCUT2D eigenvalue weighted by Gasteiger charge is -2.20. The van der Waals surface area contributed by atoms with Gasteiger partial charge in [0.05, 0.1) is 0 Å². The average Bonchev–Trinajstić information content (AvgIpc) is 2.97.